The van der Waals surface area contributed by atoms with Crippen molar-refractivity contribution in [3.8, 4) is 0 Å². The van der Waals surface area contributed by atoms with E-state index in [0.29, 0.717) is 5.69 Å². The lowest BCUT2D eigenvalue weighted by atomic mass is 10.5. The van der Waals surface area contributed by atoms with Crippen LogP contribution in [0.25, 0.3) is 0 Å². The van der Waals surface area contributed by atoms with Gasteiger partial charge in [0.15, 0.2) is 0 Å². The van der Waals surface area contributed by atoms with E-state index in [0.717, 1.165) is 5.69 Å². The van der Waals surface area contributed by atoms with Crippen LogP contribution in [-0.2, 0) is 0 Å². The van der Waals surface area contributed by atoms with Gasteiger partial charge < -0.3 is 4.98 Å². The largest absolute Gasteiger partial charge is 0.356 e. The van der Waals surface area contributed by atoms with Crippen LogP contribution in [-0.4, -0.2) is 9.68 Å². The van der Waals surface area contributed by atoms with Crippen LogP contribution in [0, 0.1) is 6.92 Å². The van der Waals surface area contributed by atoms with Crippen molar-refractivity contribution in [3.63, 3.8) is 0 Å². The summed E-state index contributed by atoms with van der Waals surface area (Å²) in [5, 5.41) is 0. The van der Waals surface area contributed by atoms with Crippen molar-refractivity contribution < 1.29 is 4.79 Å². The molecule has 2 nitrogen and oxygen atoms in total. The number of H-pyrrole nitrogens is 1. The minimum Gasteiger partial charge on any atom is -0.356 e. The molecule has 0 aliphatic rings. The summed E-state index contributed by atoms with van der Waals surface area (Å²) in [5.74, 6) is 0. The Labute approximate surface area is 61.4 Å². The van der Waals surface area contributed by atoms with Gasteiger partial charge in [0.05, 0.1) is 5.69 Å². The maximum atomic E-state index is 10.5. The SMILES string of the molecule is Cc1ccc(C(=O)Br)[nH]1. The molecule has 1 N–H and O–H groups in total. The smallest absolute Gasteiger partial charge is 0.244 e. The highest BCUT2D eigenvalue weighted by Gasteiger charge is 1.99. The predicted octanol–water partition coefficient (Wildman–Crippen LogP) is 1.86. The number of nitrogens with one attached hydrogen (secondary N) is 1. The van der Waals surface area contributed by atoms with Crippen molar-refractivity contribution in [1.29, 1.82) is 0 Å². The molecule has 9 heavy (non-hydrogen) atoms. The molecule has 0 aliphatic carbocycles. The van der Waals surface area contributed by atoms with Crippen LogP contribution in [0.2, 0.25) is 0 Å². The highest BCUT2D eigenvalue weighted by Crippen LogP contribution is 2.04. The first kappa shape index (κ1) is 6.55. The molecule has 48 valence electrons. The summed E-state index contributed by atoms with van der Waals surface area (Å²) in [6, 6.07) is 3.60. The van der Waals surface area contributed by atoms with E-state index in [1.807, 2.05) is 13.0 Å². The third-order valence-corrected chi connectivity index (χ3v) is 1.47. The molecule has 0 aromatic carbocycles. The molecule has 0 saturated heterocycles. The molecule has 1 heterocycles. The third kappa shape index (κ3) is 1.42. The number of hydrogen-bond donors (Lipinski definition) is 1. The Hall–Kier alpha value is -0.570. The van der Waals surface area contributed by atoms with Gasteiger partial charge in [-0.3, -0.25) is 4.79 Å². The van der Waals surface area contributed by atoms with Gasteiger partial charge in [0.25, 0.3) is 0 Å². The van der Waals surface area contributed by atoms with E-state index >= 15 is 0 Å². The van der Waals surface area contributed by atoms with Crippen LogP contribution < -0.4 is 0 Å². The van der Waals surface area contributed by atoms with Crippen molar-refractivity contribution >= 4 is 20.6 Å². The average Bonchev–Trinajstić information content (AvgIpc) is 2.14. The topological polar surface area (TPSA) is 32.9 Å². The zero-order valence-electron chi connectivity index (χ0n) is 4.94. The highest BCUT2D eigenvalue weighted by atomic mass is 79.9. The van der Waals surface area contributed by atoms with Crippen LogP contribution in [0.3, 0.4) is 0 Å². The summed E-state index contributed by atoms with van der Waals surface area (Å²) in [6.45, 7) is 1.90. The lowest BCUT2D eigenvalue weighted by Gasteiger charge is -1.82. The Morgan fingerprint density at radius 1 is 1.67 bits per heavy atom. The fraction of sp³-hybridized carbons (Fsp3) is 0.167. The molecular formula is C6H6BrNO. The van der Waals surface area contributed by atoms with Gasteiger partial charge in [-0.25, -0.2) is 0 Å². The van der Waals surface area contributed by atoms with E-state index in [9.17, 15) is 4.79 Å². The van der Waals surface area contributed by atoms with Crippen LogP contribution in [0.4, 0.5) is 0 Å². The molecule has 0 atom stereocenters. The predicted molar refractivity (Wildman–Crippen MR) is 38.8 cm³/mol. The van der Waals surface area contributed by atoms with Gasteiger partial charge in [-0.05, 0) is 35.0 Å². The summed E-state index contributed by atoms with van der Waals surface area (Å²) in [7, 11) is 0. The Balaban J connectivity index is 2.98. The molecule has 0 radical (unpaired) electrons. The van der Waals surface area contributed by atoms with Crippen molar-refractivity contribution in [2.75, 3.05) is 0 Å². The van der Waals surface area contributed by atoms with Crippen LogP contribution in [0.5, 0.6) is 0 Å². The number of rotatable bonds is 1. The second-order valence-electron chi connectivity index (χ2n) is 1.83. The van der Waals surface area contributed by atoms with E-state index in [1.165, 1.54) is 0 Å². The zero-order valence-corrected chi connectivity index (χ0v) is 6.53. The van der Waals surface area contributed by atoms with E-state index in [2.05, 4.69) is 20.9 Å². The molecule has 1 rings (SSSR count). The Kier molecular flexibility index (Phi) is 1.71. The van der Waals surface area contributed by atoms with Gasteiger partial charge in [0, 0.05) is 5.69 Å². The van der Waals surface area contributed by atoms with Crippen LogP contribution in [0.1, 0.15) is 16.2 Å². The monoisotopic (exact) mass is 187 g/mol. The second kappa shape index (κ2) is 2.35. The standard InChI is InChI=1S/C6H6BrNO/c1-4-2-3-5(8-4)6(7)9/h2-3,8H,1H3. The number of aromatic amines is 1. The normalized spacial score (nSPS) is 9.56. The van der Waals surface area contributed by atoms with Crippen molar-refractivity contribution in [2.24, 2.45) is 0 Å². The number of carbonyl (C=O) groups excluding carboxylic acids is 1. The number of carbonyl (C=O) groups is 1. The molecule has 0 aliphatic heterocycles. The molecule has 1 aromatic heterocycles. The number of aryl methyl sites for hydroxylation is 1. The Morgan fingerprint density at radius 2 is 2.33 bits per heavy atom. The third-order valence-electron chi connectivity index (χ3n) is 1.04. The lowest BCUT2D eigenvalue weighted by molar-refractivity contribution is 0.109. The fourth-order valence-corrected chi connectivity index (χ4v) is 0.850. The van der Waals surface area contributed by atoms with E-state index < -0.39 is 0 Å². The quantitative estimate of drug-likeness (QED) is 0.670. The number of hydrogen-bond acceptors (Lipinski definition) is 1. The maximum Gasteiger partial charge on any atom is 0.244 e. The van der Waals surface area contributed by atoms with Gasteiger partial charge in [-0.15, -0.1) is 0 Å². The number of halogens is 1. The first-order valence-corrected chi connectivity index (χ1v) is 3.35. The van der Waals surface area contributed by atoms with Gasteiger partial charge in [0.2, 0.25) is 4.69 Å². The summed E-state index contributed by atoms with van der Waals surface area (Å²) in [6.07, 6.45) is 0. The van der Waals surface area contributed by atoms with Gasteiger partial charge >= 0.3 is 0 Å². The Morgan fingerprint density at radius 3 is 2.56 bits per heavy atom. The number of aromatic nitrogens is 1. The molecule has 0 spiro atoms. The maximum absolute atomic E-state index is 10.5. The summed E-state index contributed by atoms with van der Waals surface area (Å²) >= 11 is 2.83. The molecule has 1 aromatic rings. The molecule has 0 unspecified atom stereocenters. The van der Waals surface area contributed by atoms with Crippen molar-refractivity contribution in [3.05, 3.63) is 23.5 Å². The van der Waals surface area contributed by atoms with Crippen LogP contribution in [0.15, 0.2) is 12.1 Å². The van der Waals surface area contributed by atoms with Crippen molar-refractivity contribution in [1.82, 2.24) is 4.98 Å². The van der Waals surface area contributed by atoms with E-state index in [-0.39, 0.29) is 4.69 Å². The molecule has 0 amide bonds. The minimum atomic E-state index is -0.101. The fourth-order valence-electron chi connectivity index (χ4n) is 0.619. The summed E-state index contributed by atoms with van der Waals surface area (Å²) < 4.78 is -0.101. The summed E-state index contributed by atoms with van der Waals surface area (Å²) in [5.41, 5.74) is 1.60. The average molecular weight is 188 g/mol. The molecular weight excluding hydrogens is 182 g/mol. The molecule has 3 heteroatoms. The first-order chi connectivity index (χ1) is 4.20. The van der Waals surface area contributed by atoms with Gasteiger partial charge in [-0.2, -0.15) is 0 Å². The Bertz CT molecular complexity index is 229. The second-order valence-corrected chi connectivity index (χ2v) is 2.55. The van der Waals surface area contributed by atoms with Gasteiger partial charge in [0.1, 0.15) is 0 Å². The highest BCUT2D eigenvalue weighted by molar-refractivity contribution is 9.18. The van der Waals surface area contributed by atoms with Gasteiger partial charge in [-0.1, -0.05) is 0 Å². The van der Waals surface area contributed by atoms with E-state index in [1.54, 1.807) is 6.07 Å². The summed E-state index contributed by atoms with van der Waals surface area (Å²) in [4.78, 5) is 13.4. The lowest BCUT2D eigenvalue weighted by Crippen LogP contribution is -1.86. The van der Waals surface area contributed by atoms with E-state index in [4.69, 9.17) is 0 Å². The minimum absolute atomic E-state index is 0.101. The zero-order chi connectivity index (χ0) is 6.85. The van der Waals surface area contributed by atoms with Crippen LogP contribution >= 0.6 is 15.9 Å². The van der Waals surface area contributed by atoms with Crippen molar-refractivity contribution in [2.45, 2.75) is 6.92 Å². The molecule has 0 bridgehead atoms. The molecule has 0 saturated carbocycles. The first-order valence-electron chi connectivity index (χ1n) is 2.55. The molecule has 0 fully saturated rings.